The van der Waals surface area contributed by atoms with Crippen LogP contribution in [0.1, 0.15) is 42.6 Å². The summed E-state index contributed by atoms with van der Waals surface area (Å²) in [5.74, 6) is 6.34. The molecule has 6 heteroatoms. The van der Waals surface area contributed by atoms with Crippen LogP contribution in [0.25, 0.3) is 10.6 Å². The summed E-state index contributed by atoms with van der Waals surface area (Å²) in [4.78, 5) is 18.3. The first-order chi connectivity index (χ1) is 14.1. The lowest BCUT2D eigenvalue weighted by atomic mass is 9.93. The number of aromatic nitrogens is 1. The molecule has 1 N–H and O–H groups in total. The van der Waals surface area contributed by atoms with Crippen LogP contribution in [0.4, 0.5) is 4.79 Å². The van der Waals surface area contributed by atoms with Crippen LogP contribution in [0.15, 0.2) is 24.3 Å². The lowest BCUT2D eigenvalue weighted by molar-refractivity contribution is 0.0991. The predicted octanol–water partition coefficient (Wildman–Crippen LogP) is 3.21. The summed E-state index contributed by atoms with van der Waals surface area (Å²) in [6.45, 7) is 2.42. The third-order valence-electron chi connectivity index (χ3n) is 5.45. The van der Waals surface area contributed by atoms with Gasteiger partial charge in [0.1, 0.15) is 11.8 Å². The highest BCUT2D eigenvalue weighted by molar-refractivity contribution is 9.14. The first-order valence-electron chi connectivity index (χ1n) is 9.70. The Balaban J connectivity index is 1.81. The molecule has 150 valence electrons. The summed E-state index contributed by atoms with van der Waals surface area (Å²) in [5.41, 5.74) is 3.35. The van der Waals surface area contributed by atoms with Crippen LogP contribution in [0, 0.1) is 11.8 Å². The van der Waals surface area contributed by atoms with Crippen molar-refractivity contribution in [2.45, 2.75) is 32.2 Å². The number of carbonyl (C=O) groups is 1. The van der Waals surface area contributed by atoms with Gasteiger partial charge in [-0.25, -0.2) is 4.79 Å². The number of amides is 1. The van der Waals surface area contributed by atoms with Crippen molar-refractivity contribution in [3.05, 3.63) is 51.7 Å². The molecule has 1 aliphatic heterocycles. The number of methoxy groups -OCH3 is 1. The molecule has 0 bridgehead atoms. The van der Waals surface area contributed by atoms with Gasteiger partial charge in [0.05, 0.1) is 7.11 Å². The highest BCUT2D eigenvalue weighted by Gasteiger charge is 2.35. The lowest BCUT2D eigenvalue weighted by Gasteiger charge is -2.35. The van der Waals surface area contributed by atoms with Crippen molar-refractivity contribution in [3.8, 4) is 17.6 Å². The van der Waals surface area contributed by atoms with Crippen molar-refractivity contribution < 1.29 is 14.3 Å². The maximum absolute atomic E-state index is 12.9. The van der Waals surface area contributed by atoms with Gasteiger partial charge in [0.25, 0.3) is 0 Å². The van der Waals surface area contributed by atoms with E-state index >= 15 is 0 Å². The maximum atomic E-state index is 12.9. The third-order valence-corrected chi connectivity index (χ3v) is 6.24. The number of aromatic amines is 1. The molecule has 1 aromatic carbocycles. The van der Waals surface area contributed by atoms with Gasteiger partial charge in [-0.3, -0.25) is 4.90 Å². The third kappa shape index (κ3) is 3.67. The van der Waals surface area contributed by atoms with Crippen LogP contribution < -0.4 is 15.3 Å². The lowest BCUT2D eigenvalue weighted by Crippen LogP contribution is -2.42. The van der Waals surface area contributed by atoms with E-state index in [9.17, 15) is 4.79 Å². The molecule has 0 radical (unpaired) electrons. The van der Waals surface area contributed by atoms with Crippen LogP contribution in [0.3, 0.4) is 0 Å². The fourth-order valence-corrected chi connectivity index (χ4v) is 4.79. The molecule has 2 aliphatic rings. The van der Waals surface area contributed by atoms with E-state index in [1.54, 1.807) is 18.9 Å². The minimum absolute atomic E-state index is 0.0996. The molecule has 1 aliphatic carbocycles. The summed E-state index contributed by atoms with van der Waals surface area (Å²) in [6, 6.07) is 7.62. The second-order valence-corrected chi connectivity index (χ2v) is 8.01. The van der Waals surface area contributed by atoms with Crippen LogP contribution in [0.5, 0.6) is 5.75 Å². The molecule has 0 saturated carbocycles. The molecule has 2 aromatic rings. The smallest absolute Gasteiger partial charge is 0.411 e. The van der Waals surface area contributed by atoms with Gasteiger partial charge >= 0.3 is 6.09 Å². The quantitative estimate of drug-likeness (QED) is 0.724. The van der Waals surface area contributed by atoms with E-state index in [0.717, 1.165) is 41.6 Å². The van der Waals surface area contributed by atoms with Crippen LogP contribution in [-0.4, -0.2) is 36.2 Å². The van der Waals surface area contributed by atoms with Gasteiger partial charge in [-0.05, 0) is 49.4 Å². The molecule has 0 spiro atoms. The van der Waals surface area contributed by atoms with Crippen molar-refractivity contribution >= 4 is 32.6 Å². The number of benzene rings is 1. The van der Waals surface area contributed by atoms with E-state index in [-0.39, 0.29) is 18.7 Å². The molecule has 1 amide bonds. The number of hydrogen-bond donors (Lipinski definition) is 1. The molecule has 1 aromatic heterocycles. The zero-order valence-electron chi connectivity index (χ0n) is 16.5. The Kier molecular flexibility index (Phi) is 5.68. The molecule has 0 fully saturated rings. The molecule has 4 rings (SSSR count). The van der Waals surface area contributed by atoms with Gasteiger partial charge in [-0.15, -0.1) is 5.92 Å². The average molecular weight is 455 g/mol. The second kappa shape index (κ2) is 8.38. The van der Waals surface area contributed by atoms with E-state index in [1.165, 1.54) is 15.3 Å². The zero-order chi connectivity index (χ0) is 20.4. The van der Waals surface area contributed by atoms with Crippen molar-refractivity contribution in [2.75, 3.05) is 20.3 Å². The molecule has 5 nitrogen and oxygen atoms in total. The number of hydrogen-bond acceptors (Lipinski definition) is 3. The van der Waals surface area contributed by atoms with Gasteiger partial charge in [0.2, 0.25) is 0 Å². The highest BCUT2D eigenvalue weighted by atomic mass is 79.9. The number of carbonyl (C=O) groups excluding carboxylic acids is 1. The standard InChI is InChI=1S/C23H23BrN2O3/c1-3-4-14-29-23(27)26-13-12-17-20-18(24)6-5-7-19(20)25-21(17)22(26)15-8-10-16(28-2)11-9-15/h7-11,22,25H,5-6,12-14H2,1-2H3. The Morgan fingerprint density at radius 1 is 1.31 bits per heavy atom. The summed E-state index contributed by atoms with van der Waals surface area (Å²) < 4.78 is 11.9. The van der Waals surface area contributed by atoms with Crippen LogP contribution >= 0.6 is 15.9 Å². The number of rotatable bonds is 3. The van der Waals surface area contributed by atoms with Crippen molar-refractivity contribution in [2.24, 2.45) is 0 Å². The average Bonchev–Trinajstić information content (AvgIpc) is 3.13. The van der Waals surface area contributed by atoms with Gasteiger partial charge in [0, 0.05) is 27.3 Å². The normalized spacial score (nSPS) is 17.4. The molecule has 2 heterocycles. The van der Waals surface area contributed by atoms with E-state index in [2.05, 4.69) is 38.8 Å². The molecule has 0 saturated heterocycles. The number of H-pyrrole nitrogens is 1. The van der Waals surface area contributed by atoms with Gasteiger partial charge in [-0.2, -0.15) is 0 Å². The Hall–Kier alpha value is -2.65. The fraction of sp³-hybridized carbons (Fsp3) is 0.348. The Morgan fingerprint density at radius 3 is 2.83 bits per heavy atom. The number of halogens is 1. The van der Waals surface area contributed by atoms with Crippen molar-refractivity contribution in [1.82, 2.24) is 9.88 Å². The van der Waals surface area contributed by atoms with Gasteiger partial charge in [0.15, 0.2) is 6.61 Å². The largest absolute Gasteiger partial charge is 0.497 e. The molecule has 1 atom stereocenters. The van der Waals surface area contributed by atoms with Crippen LogP contribution in [-0.2, 0) is 11.2 Å². The molecule has 29 heavy (non-hydrogen) atoms. The Bertz CT molecular complexity index is 1110. The second-order valence-electron chi connectivity index (χ2n) is 7.05. The van der Waals surface area contributed by atoms with Gasteiger partial charge < -0.3 is 14.5 Å². The van der Waals surface area contributed by atoms with Crippen molar-refractivity contribution in [3.63, 3.8) is 0 Å². The number of nitrogens with zero attached hydrogens (tertiary/aromatic N) is 1. The first-order valence-corrected chi connectivity index (χ1v) is 10.5. The van der Waals surface area contributed by atoms with Gasteiger partial charge in [-0.1, -0.05) is 40.1 Å². The number of nitrogens with one attached hydrogen (secondary N) is 1. The van der Waals surface area contributed by atoms with Crippen molar-refractivity contribution in [1.29, 1.82) is 0 Å². The van der Waals surface area contributed by atoms with E-state index in [0.29, 0.717) is 6.54 Å². The molecule has 1 unspecified atom stereocenters. The Labute approximate surface area is 178 Å². The van der Waals surface area contributed by atoms with E-state index < -0.39 is 0 Å². The summed E-state index contributed by atoms with van der Waals surface area (Å²) in [6.07, 6.45) is 4.68. The predicted molar refractivity (Wildman–Crippen MR) is 116 cm³/mol. The maximum Gasteiger partial charge on any atom is 0.411 e. The Morgan fingerprint density at radius 2 is 2.10 bits per heavy atom. The summed E-state index contributed by atoms with van der Waals surface area (Å²) >= 11 is 3.77. The fourth-order valence-electron chi connectivity index (χ4n) is 4.10. The summed E-state index contributed by atoms with van der Waals surface area (Å²) in [5, 5.41) is 2.40. The minimum atomic E-state index is -0.348. The minimum Gasteiger partial charge on any atom is -0.497 e. The van der Waals surface area contributed by atoms with E-state index in [4.69, 9.17) is 9.47 Å². The van der Waals surface area contributed by atoms with Crippen LogP contribution in [0.2, 0.25) is 0 Å². The number of fused-ring (bicyclic) bond motifs is 3. The first kappa shape index (κ1) is 19.7. The summed E-state index contributed by atoms with van der Waals surface area (Å²) in [7, 11) is 1.65. The van der Waals surface area contributed by atoms with E-state index in [1.807, 2.05) is 24.3 Å². The molecular formula is C23H23BrN2O3. The zero-order valence-corrected chi connectivity index (χ0v) is 18.1. The SMILES string of the molecule is CC#CCOC(=O)N1CCc2c([nH]c3c2=C(Br)CCC=3)C1c1ccc(OC)cc1. The highest BCUT2D eigenvalue weighted by Crippen LogP contribution is 2.34. The molecular weight excluding hydrogens is 432 g/mol. The monoisotopic (exact) mass is 454 g/mol. The number of ether oxygens (including phenoxy) is 2. The topological polar surface area (TPSA) is 54.6 Å².